The van der Waals surface area contributed by atoms with E-state index in [2.05, 4.69) is 239 Å². The van der Waals surface area contributed by atoms with Gasteiger partial charge in [-0.25, -0.2) is 9.98 Å². The van der Waals surface area contributed by atoms with Crippen LogP contribution in [-0.4, -0.2) is 20.8 Å². The number of benzene rings is 9. The lowest BCUT2D eigenvalue weighted by Crippen LogP contribution is -2.33. The Morgan fingerprint density at radius 1 is 0.339 bits per heavy atom. The molecule has 0 spiro atoms. The van der Waals surface area contributed by atoms with Crippen molar-refractivity contribution < 1.29 is 0 Å². The number of hydrogen-bond donors (Lipinski definition) is 1. The Hall–Kier alpha value is -8.28. The molecule has 0 saturated carbocycles. The van der Waals surface area contributed by atoms with Crippen LogP contribution in [0.3, 0.4) is 0 Å². The fraction of sp³-hybridized carbons (Fsp3) is 0.0175. The molecule has 11 aromatic rings. The minimum atomic E-state index is -0.396. The summed E-state index contributed by atoms with van der Waals surface area (Å²) in [5, 5.41) is 8.56. The van der Waals surface area contributed by atoms with Gasteiger partial charge in [-0.2, -0.15) is 0 Å². The first-order valence-corrected chi connectivity index (χ1v) is 21.1. The molecule has 62 heavy (non-hydrogen) atoms. The molecule has 0 amide bonds. The average molecular weight is 794 g/mol. The number of fused-ring (bicyclic) bond motifs is 6. The summed E-state index contributed by atoms with van der Waals surface area (Å²) in [5.74, 6) is 1.46. The van der Waals surface area contributed by atoms with Crippen LogP contribution in [0.15, 0.2) is 234 Å². The maximum absolute atomic E-state index is 5.42. The predicted octanol–water partition coefficient (Wildman–Crippen LogP) is 13.7. The molecule has 0 aliphatic carbocycles. The minimum absolute atomic E-state index is 0.396. The van der Waals surface area contributed by atoms with E-state index in [9.17, 15) is 0 Å². The molecule has 0 radical (unpaired) electrons. The van der Waals surface area contributed by atoms with Crippen LogP contribution in [0.2, 0.25) is 0 Å². The van der Waals surface area contributed by atoms with Crippen molar-refractivity contribution in [2.75, 3.05) is 0 Å². The van der Waals surface area contributed by atoms with Gasteiger partial charge < -0.3 is 14.5 Å². The molecule has 3 heterocycles. The highest BCUT2D eigenvalue weighted by atomic mass is 15.2. The first-order valence-electron chi connectivity index (χ1n) is 21.1. The van der Waals surface area contributed by atoms with Crippen molar-refractivity contribution in [3.05, 3.63) is 241 Å². The molecule has 0 bridgehead atoms. The minimum Gasteiger partial charge on any atom is -0.344 e. The monoisotopic (exact) mass is 793 g/mol. The predicted molar refractivity (Wildman–Crippen MR) is 258 cm³/mol. The van der Waals surface area contributed by atoms with Gasteiger partial charge in [0.1, 0.15) is 12.0 Å². The zero-order valence-electron chi connectivity index (χ0n) is 33.7. The van der Waals surface area contributed by atoms with E-state index in [1.807, 2.05) is 0 Å². The van der Waals surface area contributed by atoms with Crippen molar-refractivity contribution in [1.29, 1.82) is 0 Å². The number of nitrogens with one attached hydrogen (secondary N) is 1. The molecular formula is C57H39N5. The number of aromatic nitrogens is 2. The number of nitrogens with zero attached hydrogens (tertiary/aromatic N) is 4. The summed E-state index contributed by atoms with van der Waals surface area (Å²) >= 11 is 0. The SMILES string of the molecule is c1ccc(-c2cccc(-c3cccc(C4N=C(c5ccc6c7ccccc7n(-c7ccccc7)c6c5)N=C(c5ccc6c(c5)c5ccccc5n6-c5ccccc5)N4)c3)c2)cc1. The standard InChI is InChI=1S/C57H39N5/c1-4-16-38(17-5-1)39-18-14-19-40(34-39)41-20-15-21-42(35-41)55-58-56(43-31-33-53-50(36-43)48-27-11-13-29-52(48)61(53)45-22-6-2-7-23-45)60-57(59-55)44-30-32-49-47-26-10-12-28-51(47)62(54(49)37-44)46-24-8-3-9-25-46/h1-37,55H,(H,58,59,60). The Balaban J connectivity index is 1.02. The lowest BCUT2D eigenvalue weighted by Gasteiger charge is -2.24. The molecule has 12 rings (SSSR count). The maximum Gasteiger partial charge on any atom is 0.159 e. The lowest BCUT2D eigenvalue weighted by atomic mass is 9.97. The molecule has 1 aliphatic rings. The fourth-order valence-electron chi connectivity index (χ4n) is 9.23. The second-order valence-electron chi connectivity index (χ2n) is 15.9. The zero-order valence-corrected chi connectivity index (χ0v) is 33.7. The summed E-state index contributed by atoms with van der Waals surface area (Å²) in [6.07, 6.45) is -0.396. The van der Waals surface area contributed by atoms with Crippen LogP contribution in [0.25, 0.3) is 77.2 Å². The largest absolute Gasteiger partial charge is 0.344 e. The van der Waals surface area contributed by atoms with Crippen LogP contribution >= 0.6 is 0 Å². The van der Waals surface area contributed by atoms with Gasteiger partial charge in [-0.05, 0) is 101 Å². The molecular weight excluding hydrogens is 755 g/mol. The third-order valence-corrected chi connectivity index (χ3v) is 12.2. The van der Waals surface area contributed by atoms with Crippen LogP contribution in [0.5, 0.6) is 0 Å². The van der Waals surface area contributed by atoms with Gasteiger partial charge in [-0.15, -0.1) is 0 Å². The number of aliphatic imine (C=N–C) groups is 2. The van der Waals surface area contributed by atoms with E-state index in [4.69, 9.17) is 9.98 Å². The van der Waals surface area contributed by atoms with Gasteiger partial charge in [-0.3, -0.25) is 0 Å². The molecule has 292 valence electrons. The van der Waals surface area contributed by atoms with E-state index < -0.39 is 6.17 Å². The van der Waals surface area contributed by atoms with Crippen LogP contribution < -0.4 is 5.32 Å². The van der Waals surface area contributed by atoms with Crippen molar-refractivity contribution in [1.82, 2.24) is 14.5 Å². The summed E-state index contributed by atoms with van der Waals surface area (Å²) in [6, 6.07) is 79.9. The van der Waals surface area contributed by atoms with E-state index >= 15 is 0 Å². The normalized spacial score (nSPS) is 14.0. The van der Waals surface area contributed by atoms with Gasteiger partial charge in [0.05, 0.1) is 22.1 Å². The van der Waals surface area contributed by atoms with Crippen LogP contribution in [-0.2, 0) is 0 Å². The molecule has 1 N–H and O–H groups in total. The van der Waals surface area contributed by atoms with Crippen LogP contribution in [0.1, 0.15) is 22.9 Å². The molecule has 1 aliphatic heterocycles. The van der Waals surface area contributed by atoms with Gasteiger partial charge >= 0.3 is 0 Å². The Kier molecular flexibility index (Phi) is 8.49. The fourth-order valence-corrected chi connectivity index (χ4v) is 9.23. The Morgan fingerprint density at radius 2 is 0.855 bits per heavy atom. The highest BCUT2D eigenvalue weighted by molar-refractivity contribution is 6.18. The van der Waals surface area contributed by atoms with Crippen molar-refractivity contribution in [3.63, 3.8) is 0 Å². The van der Waals surface area contributed by atoms with Gasteiger partial charge in [0.2, 0.25) is 0 Å². The second kappa shape index (κ2) is 14.8. The average Bonchev–Trinajstić information content (AvgIpc) is 3.87. The van der Waals surface area contributed by atoms with Crippen LogP contribution in [0, 0.1) is 0 Å². The second-order valence-corrected chi connectivity index (χ2v) is 15.9. The number of para-hydroxylation sites is 4. The van der Waals surface area contributed by atoms with E-state index in [0.717, 1.165) is 61.6 Å². The molecule has 1 atom stereocenters. The highest BCUT2D eigenvalue weighted by Crippen LogP contribution is 2.36. The third-order valence-electron chi connectivity index (χ3n) is 12.2. The zero-order chi connectivity index (χ0) is 41.0. The third kappa shape index (κ3) is 6.10. The molecule has 5 nitrogen and oxygen atoms in total. The summed E-state index contributed by atoms with van der Waals surface area (Å²) < 4.78 is 4.70. The topological polar surface area (TPSA) is 46.6 Å². The van der Waals surface area contributed by atoms with E-state index in [0.29, 0.717) is 5.84 Å². The van der Waals surface area contributed by atoms with Crippen molar-refractivity contribution in [2.24, 2.45) is 9.98 Å². The van der Waals surface area contributed by atoms with Crippen molar-refractivity contribution >= 4 is 55.3 Å². The first-order chi connectivity index (χ1) is 30.7. The molecule has 0 saturated heterocycles. The summed E-state index contributed by atoms with van der Waals surface area (Å²) in [6.45, 7) is 0. The van der Waals surface area contributed by atoms with E-state index in [-0.39, 0.29) is 0 Å². The van der Waals surface area contributed by atoms with Crippen molar-refractivity contribution in [2.45, 2.75) is 6.17 Å². The molecule has 2 aromatic heterocycles. The van der Waals surface area contributed by atoms with Gasteiger partial charge in [0.25, 0.3) is 0 Å². The molecule has 0 fully saturated rings. The lowest BCUT2D eigenvalue weighted by molar-refractivity contribution is 0.674. The smallest absolute Gasteiger partial charge is 0.159 e. The quantitative estimate of drug-likeness (QED) is 0.172. The first kappa shape index (κ1) is 35.6. The molecule has 5 heteroatoms. The van der Waals surface area contributed by atoms with Crippen molar-refractivity contribution in [3.8, 4) is 33.6 Å². The summed E-state index contributed by atoms with van der Waals surface area (Å²) in [5.41, 5.74) is 14.5. The van der Waals surface area contributed by atoms with Gasteiger partial charge in [0.15, 0.2) is 5.84 Å². The molecule has 1 unspecified atom stereocenters. The van der Waals surface area contributed by atoms with E-state index in [1.54, 1.807) is 0 Å². The van der Waals surface area contributed by atoms with Crippen LogP contribution in [0.4, 0.5) is 0 Å². The summed E-state index contributed by atoms with van der Waals surface area (Å²) in [7, 11) is 0. The van der Waals surface area contributed by atoms with Gasteiger partial charge in [0, 0.05) is 44.0 Å². The van der Waals surface area contributed by atoms with E-state index in [1.165, 1.54) is 38.2 Å². The maximum atomic E-state index is 5.42. The summed E-state index contributed by atoms with van der Waals surface area (Å²) in [4.78, 5) is 10.8. The Morgan fingerprint density at radius 3 is 1.56 bits per heavy atom. The van der Waals surface area contributed by atoms with Gasteiger partial charge in [-0.1, -0.05) is 152 Å². The number of hydrogen-bond acceptors (Lipinski definition) is 3. The highest BCUT2D eigenvalue weighted by Gasteiger charge is 2.24. The molecule has 9 aromatic carbocycles. The Labute approximate surface area is 359 Å². The Bertz CT molecular complexity index is 3540. The number of amidine groups is 2. The number of rotatable bonds is 7.